The average Bonchev–Trinajstić information content (AvgIpc) is 2.72. The predicted octanol–water partition coefficient (Wildman–Crippen LogP) is 3.64. The Hall–Kier alpha value is -1.67. The standard InChI is InChI=1S/C16H16FN/c1-10-7-11(2)15(14(17)8-10)16-13-6-4-3-5-12(13)9-18-16/h3-8,16,18H,9H2,1-2H3. The predicted molar refractivity (Wildman–Crippen MR) is 71.0 cm³/mol. The molecule has 92 valence electrons. The quantitative estimate of drug-likeness (QED) is 0.803. The van der Waals surface area contributed by atoms with E-state index in [0.29, 0.717) is 0 Å². The normalized spacial score (nSPS) is 17.8. The molecule has 1 aliphatic heterocycles. The molecule has 0 aromatic heterocycles. The zero-order valence-corrected chi connectivity index (χ0v) is 10.6. The molecule has 0 saturated heterocycles. The fourth-order valence-corrected chi connectivity index (χ4v) is 2.85. The van der Waals surface area contributed by atoms with E-state index in [1.54, 1.807) is 6.07 Å². The molecule has 0 bridgehead atoms. The van der Waals surface area contributed by atoms with Gasteiger partial charge in [0.05, 0.1) is 6.04 Å². The smallest absolute Gasteiger partial charge is 0.128 e. The van der Waals surface area contributed by atoms with Crippen LogP contribution in [0.1, 0.15) is 33.9 Å². The van der Waals surface area contributed by atoms with E-state index in [2.05, 4.69) is 17.4 Å². The molecule has 2 aromatic carbocycles. The summed E-state index contributed by atoms with van der Waals surface area (Å²) < 4.78 is 14.2. The minimum absolute atomic E-state index is 0.0122. The zero-order valence-electron chi connectivity index (χ0n) is 10.6. The molecular formula is C16H16FN. The van der Waals surface area contributed by atoms with Gasteiger partial charge in [-0.25, -0.2) is 4.39 Å². The van der Waals surface area contributed by atoms with Crippen LogP contribution >= 0.6 is 0 Å². The molecule has 2 aromatic rings. The highest BCUT2D eigenvalue weighted by molar-refractivity contribution is 5.45. The van der Waals surface area contributed by atoms with Crippen LogP contribution in [0.2, 0.25) is 0 Å². The Kier molecular flexibility index (Phi) is 2.67. The summed E-state index contributed by atoms with van der Waals surface area (Å²) in [6.45, 7) is 4.72. The average molecular weight is 241 g/mol. The molecule has 1 N–H and O–H groups in total. The first kappa shape index (κ1) is 11.4. The van der Waals surface area contributed by atoms with Gasteiger partial charge in [-0.3, -0.25) is 0 Å². The molecule has 0 saturated carbocycles. The Morgan fingerprint density at radius 2 is 1.94 bits per heavy atom. The first-order valence-electron chi connectivity index (χ1n) is 6.24. The van der Waals surface area contributed by atoms with Crippen molar-refractivity contribution in [2.45, 2.75) is 26.4 Å². The molecule has 2 heteroatoms. The van der Waals surface area contributed by atoms with Gasteiger partial charge in [-0.05, 0) is 42.2 Å². The summed E-state index contributed by atoms with van der Waals surface area (Å²) in [5.74, 6) is -0.110. The number of fused-ring (bicyclic) bond motifs is 1. The lowest BCUT2D eigenvalue weighted by Gasteiger charge is -2.17. The Bertz CT molecular complexity index is 581. The molecule has 1 atom stereocenters. The van der Waals surface area contributed by atoms with Gasteiger partial charge in [-0.1, -0.05) is 30.3 Å². The van der Waals surface area contributed by atoms with E-state index in [0.717, 1.165) is 23.2 Å². The van der Waals surface area contributed by atoms with Gasteiger partial charge in [0, 0.05) is 12.1 Å². The maximum absolute atomic E-state index is 14.2. The second-order valence-corrected chi connectivity index (χ2v) is 4.99. The van der Waals surface area contributed by atoms with Crippen LogP contribution in [0.25, 0.3) is 0 Å². The number of halogens is 1. The van der Waals surface area contributed by atoms with Crippen LogP contribution in [-0.2, 0) is 6.54 Å². The molecule has 1 aliphatic rings. The maximum Gasteiger partial charge on any atom is 0.128 e. The van der Waals surface area contributed by atoms with Crippen molar-refractivity contribution in [3.8, 4) is 0 Å². The minimum atomic E-state index is -0.110. The summed E-state index contributed by atoms with van der Waals surface area (Å²) >= 11 is 0. The first-order valence-corrected chi connectivity index (χ1v) is 6.24. The Balaban J connectivity index is 2.13. The zero-order chi connectivity index (χ0) is 12.7. The Labute approximate surface area is 107 Å². The summed E-state index contributed by atoms with van der Waals surface area (Å²) in [5, 5.41) is 3.40. The van der Waals surface area contributed by atoms with Crippen LogP contribution in [0.5, 0.6) is 0 Å². The molecule has 0 aliphatic carbocycles. The van der Waals surface area contributed by atoms with Crippen molar-refractivity contribution >= 4 is 0 Å². The van der Waals surface area contributed by atoms with Crippen LogP contribution in [-0.4, -0.2) is 0 Å². The third-order valence-corrected chi connectivity index (χ3v) is 3.63. The van der Waals surface area contributed by atoms with E-state index in [1.807, 2.05) is 32.0 Å². The van der Waals surface area contributed by atoms with Gasteiger partial charge >= 0.3 is 0 Å². The van der Waals surface area contributed by atoms with E-state index in [4.69, 9.17) is 0 Å². The van der Waals surface area contributed by atoms with Crippen molar-refractivity contribution in [3.63, 3.8) is 0 Å². The van der Waals surface area contributed by atoms with Crippen LogP contribution in [0.3, 0.4) is 0 Å². The van der Waals surface area contributed by atoms with Crippen molar-refractivity contribution < 1.29 is 4.39 Å². The largest absolute Gasteiger partial charge is 0.302 e. The maximum atomic E-state index is 14.2. The van der Waals surface area contributed by atoms with Crippen LogP contribution in [0.4, 0.5) is 4.39 Å². The summed E-state index contributed by atoms with van der Waals surface area (Å²) in [6, 6.07) is 11.9. The van der Waals surface area contributed by atoms with Crippen molar-refractivity contribution in [1.82, 2.24) is 5.32 Å². The summed E-state index contributed by atoms with van der Waals surface area (Å²) in [4.78, 5) is 0. The number of hydrogen-bond donors (Lipinski definition) is 1. The molecule has 18 heavy (non-hydrogen) atoms. The fraction of sp³-hybridized carbons (Fsp3) is 0.250. The molecule has 3 rings (SSSR count). The topological polar surface area (TPSA) is 12.0 Å². The summed E-state index contributed by atoms with van der Waals surface area (Å²) in [7, 11) is 0. The van der Waals surface area contributed by atoms with E-state index < -0.39 is 0 Å². The van der Waals surface area contributed by atoms with Crippen LogP contribution in [0.15, 0.2) is 36.4 Å². The van der Waals surface area contributed by atoms with E-state index >= 15 is 0 Å². The molecule has 0 amide bonds. The van der Waals surface area contributed by atoms with E-state index in [-0.39, 0.29) is 11.9 Å². The highest BCUT2D eigenvalue weighted by atomic mass is 19.1. The highest BCUT2D eigenvalue weighted by Gasteiger charge is 2.26. The van der Waals surface area contributed by atoms with Crippen molar-refractivity contribution in [3.05, 3.63) is 70.0 Å². The summed E-state index contributed by atoms with van der Waals surface area (Å²) in [6.07, 6.45) is 0. The van der Waals surface area contributed by atoms with Gasteiger partial charge in [0.25, 0.3) is 0 Å². The first-order chi connectivity index (χ1) is 8.66. The second kappa shape index (κ2) is 4.21. The highest BCUT2D eigenvalue weighted by Crippen LogP contribution is 2.34. The van der Waals surface area contributed by atoms with Crippen LogP contribution in [0, 0.1) is 19.7 Å². The van der Waals surface area contributed by atoms with Crippen LogP contribution < -0.4 is 5.32 Å². The third-order valence-electron chi connectivity index (χ3n) is 3.63. The lowest BCUT2D eigenvalue weighted by atomic mass is 9.93. The van der Waals surface area contributed by atoms with Gasteiger partial charge in [0.1, 0.15) is 5.82 Å². The molecule has 0 radical (unpaired) electrons. The Morgan fingerprint density at radius 3 is 2.72 bits per heavy atom. The molecule has 1 nitrogen and oxygen atoms in total. The molecular weight excluding hydrogens is 225 g/mol. The molecule has 0 spiro atoms. The number of hydrogen-bond acceptors (Lipinski definition) is 1. The summed E-state index contributed by atoms with van der Waals surface area (Å²) in [5.41, 5.74) is 5.23. The van der Waals surface area contributed by atoms with Gasteiger partial charge in [-0.2, -0.15) is 0 Å². The monoisotopic (exact) mass is 241 g/mol. The second-order valence-electron chi connectivity index (χ2n) is 4.99. The van der Waals surface area contributed by atoms with Crippen molar-refractivity contribution in [2.75, 3.05) is 0 Å². The lowest BCUT2D eigenvalue weighted by Crippen LogP contribution is -2.16. The van der Waals surface area contributed by atoms with Gasteiger partial charge in [-0.15, -0.1) is 0 Å². The van der Waals surface area contributed by atoms with E-state index in [9.17, 15) is 4.39 Å². The molecule has 1 heterocycles. The van der Waals surface area contributed by atoms with E-state index in [1.165, 1.54) is 11.1 Å². The van der Waals surface area contributed by atoms with Gasteiger partial charge in [0.2, 0.25) is 0 Å². The molecule has 1 unspecified atom stereocenters. The number of rotatable bonds is 1. The van der Waals surface area contributed by atoms with Crippen molar-refractivity contribution in [2.24, 2.45) is 0 Å². The SMILES string of the molecule is Cc1cc(C)c(C2NCc3ccccc32)c(F)c1. The Morgan fingerprint density at radius 1 is 1.17 bits per heavy atom. The number of benzene rings is 2. The number of nitrogens with one attached hydrogen (secondary N) is 1. The molecule has 0 fully saturated rings. The van der Waals surface area contributed by atoms with Gasteiger partial charge < -0.3 is 5.32 Å². The minimum Gasteiger partial charge on any atom is -0.302 e. The van der Waals surface area contributed by atoms with Crippen molar-refractivity contribution in [1.29, 1.82) is 0 Å². The lowest BCUT2D eigenvalue weighted by molar-refractivity contribution is 0.568. The fourth-order valence-electron chi connectivity index (χ4n) is 2.85. The third kappa shape index (κ3) is 1.73. The number of aryl methyl sites for hydroxylation is 2. The van der Waals surface area contributed by atoms with Gasteiger partial charge in [0.15, 0.2) is 0 Å².